The number of amides is 3. The first-order valence-electron chi connectivity index (χ1n) is 1.91. The molecule has 5 nitrogen and oxygen atoms in total. The Morgan fingerprint density at radius 3 is 2.50 bits per heavy atom. The van der Waals surface area contributed by atoms with Gasteiger partial charge in [-0.05, 0) is 0 Å². The van der Waals surface area contributed by atoms with Gasteiger partial charge in [-0.25, -0.2) is 10.6 Å². The Kier molecular flexibility index (Phi) is 2.57. The lowest BCUT2D eigenvalue weighted by Crippen LogP contribution is -2.40. The van der Waals surface area contributed by atoms with Crippen LogP contribution in [0.15, 0.2) is 0 Å². The first-order valence-corrected chi connectivity index (χ1v) is 1.91. The van der Waals surface area contributed by atoms with Gasteiger partial charge in [-0.1, -0.05) is 0 Å². The van der Waals surface area contributed by atoms with Crippen molar-refractivity contribution in [2.75, 3.05) is 7.05 Å². The van der Waals surface area contributed by atoms with Crippen LogP contribution in [0.1, 0.15) is 0 Å². The zero-order valence-electron chi connectivity index (χ0n) is 4.42. The lowest BCUT2D eigenvalue weighted by atomic mass is 10.8. The van der Waals surface area contributed by atoms with Gasteiger partial charge in [0.2, 0.25) is 6.41 Å². The van der Waals surface area contributed by atoms with Crippen LogP contribution in [0.25, 0.3) is 0 Å². The molecule has 0 aliphatic heterocycles. The van der Waals surface area contributed by atoms with E-state index >= 15 is 0 Å². The van der Waals surface area contributed by atoms with Crippen molar-refractivity contribution in [2.24, 2.45) is 5.84 Å². The fourth-order valence-electron chi connectivity index (χ4n) is 0.150. The van der Waals surface area contributed by atoms with E-state index in [2.05, 4.69) is 5.84 Å². The van der Waals surface area contributed by atoms with Gasteiger partial charge in [0.15, 0.2) is 0 Å². The van der Waals surface area contributed by atoms with Gasteiger partial charge in [0.25, 0.3) is 0 Å². The second-order valence-electron chi connectivity index (χ2n) is 1.17. The van der Waals surface area contributed by atoms with Crippen molar-refractivity contribution in [3.63, 3.8) is 0 Å². The molecule has 3 N–H and O–H groups in total. The lowest BCUT2D eigenvalue weighted by Gasteiger charge is -2.04. The number of hydrogen-bond donors (Lipinski definition) is 2. The number of imide groups is 1. The fraction of sp³-hybridized carbons (Fsp3) is 0.333. The zero-order valence-corrected chi connectivity index (χ0v) is 4.42. The third-order valence-electron chi connectivity index (χ3n) is 0.602. The molecule has 0 aromatic rings. The van der Waals surface area contributed by atoms with E-state index in [9.17, 15) is 9.59 Å². The van der Waals surface area contributed by atoms with Crippen molar-refractivity contribution in [1.29, 1.82) is 0 Å². The molecule has 0 aromatic carbocycles. The average Bonchev–Trinajstić information content (AvgIpc) is 1.84. The molecule has 46 valence electrons. The van der Waals surface area contributed by atoms with Crippen molar-refractivity contribution in [3.05, 3.63) is 0 Å². The highest BCUT2D eigenvalue weighted by Gasteiger charge is 2.00. The molecule has 3 amide bonds. The summed E-state index contributed by atoms with van der Waals surface area (Å²) in [6.07, 6.45) is 0.363. The van der Waals surface area contributed by atoms with Crippen LogP contribution in [-0.4, -0.2) is 24.4 Å². The molecule has 0 unspecified atom stereocenters. The van der Waals surface area contributed by atoms with Crippen molar-refractivity contribution < 1.29 is 9.59 Å². The Hall–Kier alpha value is -1.10. The lowest BCUT2D eigenvalue weighted by molar-refractivity contribution is -0.114. The average molecular weight is 117 g/mol. The molecule has 0 aliphatic carbocycles. The monoisotopic (exact) mass is 117 g/mol. The van der Waals surface area contributed by atoms with Crippen LogP contribution in [0.5, 0.6) is 0 Å². The molecule has 0 fully saturated rings. The summed E-state index contributed by atoms with van der Waals surface area (Å²) in [4.78, 5) is 20.7. The molecular weight excluding hydrogens is 110 g/mol. The normalized spacial score (nSPS) is 7.75. The number of nitrogens with one attached hydrogen (secondary N) is 1. The van der Waals surface area contributed by atoms with Crippen molar-refractivity contribution in [2.45, 2.75) is 0 Å². The zero-order chi connectivity index (χ0) is 6.57. The minimum absolute atomic E-state index is 0.363. The third-order valence-corrected chi connectivity index (χ3v) is 0.602. The van der Waals surface area contributed by atoms with Gasteiger partial charge in [0, 0.05) is 7.05 Å². The number of hydrazine groups is 1. The van der Waals surface area contributed by atoms with Crippen LogP contribution in [0.3, 0.4) is 0 Å². The maximum absolute atomic E-state index is 10.2. The Labute approximate surface area is 46.4 Å². The van der Waals surface area contributed by atoms with E-state index < -0.39 is 6.03 Å². The molecule has 0 saturated heterocycles. The van der Waals surface area contributed by atoms with E-state index in [1.165, 1.54) is 7.05 Å². The highest BCUT2D eigenvalue weighted by atomic mass is 16.2. The Morgan fingerprint density at radius 1 is 1.88 bits per heavy atom. The van der Waals surface area contributed by atoms with E-state index in [1.807, 2.05) is 0 Å². The number of hydrogen-bond acceptors (Lipinski definition) is 3. The summed E-state index contributed by atoms with van der Waals surface area (Å²) < 4.78 is 0. The third kappa shape index (κ3) is 1.57. The second kappa shape index (κ2) is 2.98. The molecule has 0 heterocycles. The molecule has 0 saturated carbocycles. The molecule has 0 aromatic heterocycles. The molecule has 0 rings (SSSR count). The minimum Gasteiger partial charge on any atom is -0.278 e. The van der Waals surface area contributed by atoms with Crippen molar-refractivity contribution in [1.82, 2.24) is 10.3 Å². The maximum Gasteiger partial charge on any atom is 0.337 e. The number of carbonyl (C=O) groups is 2. The van der Waals surface area contributed by atoms with Gasteiger partial charge >= 0.3 is 6.03 Å². The maximum atomic E-state index is 10.2. The predicted octanol–water partition coefficient (Wildman–Crippen LogP) is -1.34. The summed E-state index contributed by atoms with van der Waals surface area (Å²) >= 11 is 0. The van der Waals surface area contributed by atoms with Gasteiger partial charge in [-0.15, -0.1) is 0 Å². The van der Waals surface area contributed by atoms with Gasteiger partial charge in [-0.3, -0.25) is 15.1 Å². The van der Waals surface area contributed by atoms with Crippen molar-refractivity contribution in [3.8, 4) is 0 Å². The summed E-state index contributed by atoms with van der Waals surface area (Å²) in [5.41, 5.74) is 1.77. The van der Waals surface area contributed by atoms with Crippen LogP contribution in [0, 0.1) is 0 Å². The van der Waals surface area contributed by atoms with Gasteiger partial charge in [0.05, 0.1) is 0 Å². The van der Waals surface area contributed by atoms with Gasteiger partial charge < -0.3 is 0 Å². The summed E-state index contributed by atoms with van der Waals surface area (Å²) in [6, 6.07) is -0.625. The number of nitrogens with two attached hydrogens (primary N) is 1. The predicted molar refractivity (Wildman–Crippen MR) is 26.5 cm³/mol. The number of urea groups is 1. The number of rotatable bonds is 1. The van der Waals surface area contributed by atoms with Crippen LogP contribution in [0.2, 0.25) is 0 Å². The molecule has 5 heteroatoms. The SMILES string of the molecule is CN(C=O)C(=O)NN. The van der Waals surface area contributed by atoms with Crippen LogP contribution in [0.4, 0.5) is 4.79 Å². The minimum atomic E-state index is -0.625. The summed E-state index contributed by atoms with van der Waals surface area (Å²) in [5.74, 6) is 4.65. The van der Waals surface area contributed by atoms with E-state index in [-0.39, 0.29) is 0 Å². The highest BCUT2D eigenvalue weighted by Crippen LogP contribution is 1.71. The van der Waals surface area contributed by atoms with Gasteiger partial charge in [0.1, 0.15) is 0 Å². The van der Waals surface area contributed by atoms with E-state index in [0.29, 0.717) is 6.41 Å². The van der Waals surface area contributed by atoms with Gasteiger partial charge in [-0.2, -0.15) is 0 Å². The number of nitrogens with zero attached hydrogens (tertiary/aromatic N) is 1. The first kappa shape index (κ1) is 6.90. The smallest absolute Gasteiger partial charge is 0.278 e. The summed E-state index contributed by atoms with van der Waals surface area (Å²) in [5, 5.41) is 0. The standard InChI is InChI=1S/C3H7N3O2/c1-6(2-7)3(8)5-4/h2H,4H2,1H3,(H,5,8). The number of carbonyl (C=O) groups excluding carboxylic acids is 2. The molecule has 0 radical (unpaired) electrons. The Bertz CT molecular complexity index is 103. The van der Waals surface area contributed by atoms with Crippen molar-refractivity contribution >= 4 is 12.4 Å². The molecule has 0 spiro atoms. The Balaban J connectivity index is 3.62. The molecule has 0 atom stereocenters. The molecular formula is C3H7N3O2. The highest BCUT2D eigenvalue weighted by molar-refractivity contribution is 5.83. The summed E-state index contributed by atoms with van der Waals surface area (Å²) in [7, 11) is 1.30. The fourth-order valence-corrected chi connectivity index (χ4v) is 0.150. The largest absolute Gasteiger partial charge is 0.337 e. The topological polar surface area (TPSA) is 75.4 Å². The quantitative estimate of drug-likeness (QED) is 0.193. The Morgan fingerprint density at radius 2 is 2.38 bits per heavy atom. The van der Waals surface area contributed by atoms with Crippen LogP contribution >= 0.6 is 0 Å². The van der Waals surface area contributed by atoms with E-state index in [1.54, 1.807) is 5.43 Å². The summed E-state index contributed by atoms with van der Waals surface area (Å²) in [6.45, 7) is 0. The molecule has 8 heavy (non-hydrogen) atoms. The first-order chi connectivity index (χ1) is 3.72. The molecule has 0 aliphatic rings. The van der Waals surface area contributed by atoms with Crippen LogP contribution < -0.4 is 11.3 Å². The van der Waals surface area contributed by atoms with Crippen LogP contribution in [-0.2, 0) is 4.79 Å². The van der Waals surface area contributed by atoms with E-state index in [0.717, 1.165) is 4.90 Å². The molecule has 0 bridgehead atoms. The second-order valence-corrected chi connectivity index (χ2v) is 1.17. The van der Waals surface area contributed by atoms with E-state index in [4.69, 9.17) is 0 Å².